The molecule has 4 heteroatoms. The van der Waals surface area contributed by atoms with Crippen molar-refractivity contribution in [2.75, 3.05) is 0 Å². The lowest BCUT2D eigenvalue weighted by Gasteiger charge is -2.11. The van der Waals surface area contributed by atoms with E-state index in [2.05, 4.69) is 47.9 Å². The standard InChI is InChI=1S/C27H17N3O/c1-17-11-13-20-21-15-18(16-28)12-14-24(21)31-26(20)25(17)27-29-22-9-5-6-10-23(22)30(27)19-7-3-2-4-8-19/h2-15H,1H3. The smallest absolute Gasteiger partial charge is 0.149 e. The highest BCUT2D eigenvalue weighted by atomic mass is 16.3. The van der Waals surface area contributed by atoms with Gasteiger partial charge in [-0.1, -0.05) is 42.5 Å². The molecule has 146 valence electrons. The topological polar surface area (TPSA) is 54.8 Å². The van der Waals surface area contributed by atoms with Crippen molar-refractivity contribution in [3.8, 4) is 23.1 Å². The van der Waals surface area contributed by atoms with Crippen LogP contribution >= 0.6 is 0 Å². The first-order chi connectivity index (χ1) is 15.2. The second-order valence-corrected chi connectivity index (χ2v) is 7.65. The summed E-state index contributed by atoms with van der Waals surface area (Å²) in [6.07, 6.45) is 0. The largest absolute Gasteiger partial charge is 0.455 e. The van der Waals surface area contributed by atoms with E-state index in [0.717, 1.165) is 55.6 Å². The lowest BCUT2D eigenvalue weighted by atomic mass is 10.0. The maximum Gasteiger partial charge on any atom is 0.149 e. The molecule has 0 fully saturated rings. The Morgan fingerprint density at radius 3 is 2.52 bits per heavy atom. The van der Waals surface area contributed by atoms with E-state index in [1.54, 1.807) is 6.07 Å². The van der Waals surface area contributed by atoms with Crippen LogP contribution in [-0.2, 0) is 0 Å². The number of imidazole rings is 1. The summed E-state index contributed by atoms with van der Waals surface area (Å²) in [5, 5.41) is 11.3. The number of nitrogens with zero attached hydrogens (tertiary/aromatic N) is 3. The number of benzene rings is 4. The first kappa shape index (κ1) is 17.5. The average Bonchev–Trinajstić information content (AvgIpc) is 3.37. The summed E-state index contributed by atoms with van der Waals surface area (Å²) in [5.41, 5.74) is 7.25. The molecule has 0 atom stereocenters. The van der Waals surface area contributed by atoms with Gasteiger partial charge in [0.25, 0.3) is 0 Å². The van der Waals surface area contributed by atoms with Crippen LogP contribution in [-0.4, -0.2) is 9.55 Å². The summed E-state index contributed by atoms with van der Waals surface area (Å²) in [6, 6.07) is 30.4. The highest BCUT2D eigenvalue weighted by molar-refractivity contribution is 6.10. The van der Waals surface area contributed by atoms with Crippen molar-refractivity contribution in [2.24, 2.45) is 0 Å². The Morgan fingerprint density at radius 2 is 1.68 bits per heavy atom. The number of aromatic nitrogens is 2. The zero-order valence-electron chi connectivity index (χ0n) is 16.8. The van der Waals surface area contributed by atoms with E-state index >= 15 is 0 Å². The second-order valence-electron chi connectivity index (χ2n) is 7.65. The van der Waals surface area contributed by atoms with Crippen molar-refractivity contribution in [3.05, 3.63) is 96.1 Å². The van der Waals surface area contributed by atoms with Gasteiger partial charge in [0.1, 0.15) is 17.0 Å². The lowest BCUT2D eigenvalue weighted by Crippen LogP contribution is -1.99. The van der Waals surface area contributed by atoms with Crippen molar-refractivity contribution in [1.82, 2.24) is 9.55 Å². The number of rotatable bonds is 2. The minimum Gasteiger partial charge on any atom is -0.455 e. The lowest BCUT2D eigenvalue weighted by molar-refractivity contribution is 0.669. The SMILES string of the molecule is Cc1ccc2c(oc3ccc(C#N)cc32)c1-c1nc2ccccc2n1-c1ccccc1. The molecule has 0 radical (unpaired) electrons. The van der Waals surface area contributed by atoms with Gasteiger partial charge in [-0.15, -0.1) is 0 Å². The molecule has 6 rings (SSSR count). The van der Waals surface area contributed by atoms with Crippen LogP contribution in [0.4, 0.5) is 0 Å². The van der Waals surface area contributed by atoms with Gasteiger partial charge in [-0.05, 0) is 55.0 Å². The third-order valence-corrected chi connectivity index (χ3v) is 5.78. The molecule has 2 aromatic heterocycles. The Balaban J connectivity index is 1.75. The van der Waals surface area contributed by atoms with Gasteiger partial charge in [0, 0.05) is 16.5 Å². The molecule has 0 unspecified atom stereocenters. The molecule has 4 aromatic carbocycles. The van der Waals surface area contributed by atoms with Crippen LogP contribution in [0.2, 0.25) is 0 Å². The molecule has 0 aliphatic rings. The van der Waals surface area contributed by atoms with Gasteiger partial charge >= 0.3 is 0 Å². The van der Waals surface area contributed by atoms with Crippen LogP contribution in [0.25, 0.3) is 50.0 Å². The maximum absolute atomic E-state index is 9.33. The molecule has 0 N–H and O–H groups in total. The van der Waals surface area contributed by atoms with Crippen LogP contribution in [0.5, 0.6) is 0 Å². The number of hydrogen-bond acceptors (Lipinski definition) is 3. The number of hydrogen-bond donors (Lipinski definition) is 0. The Bertz CT molecular complexity index is 1650. The summed E-state index contributed by atoms with van der Waals surface area (Å²) in [4.78, 5) is 5.02. The van der Waals surface area contributed by atoms with Crippen molar-refractivity contribution in [1.29, 1.82) is 5.26 Å². The predicted octanol–water partition coefficient (Wildman–Crippen LogP) is 6.77. The third kappa shape index (κ3) is 2.57. The van der Waals surface area contributed by atoms with Gasteiger partial charge in [-0.3, -0.25) is 4.57 Å². The van der Waals surface area contributed by atoms with Gasteiger partial charge in [0.2, 0.25) is 0 Å². The van der Waals surface area contributed by atoms with Crippen LogP contribution in [0, 0.1) is 18.3 Å². The fourth-order valence-electron chi connectivity index (χ4n) is 4.32. The monoisotopic (exact) mass is 399 g/mol. The predicted molar refractivity (Wildman–Crippen MR) is 123 cm³/mol. The molecule has 4 nitrogen and oxygen atoms in total. The quantitative estimate of drug-likeness (QED) is 0.323. The molecule has 0 saturated carbocycles. The van der Waals surface area contributed by atoms with Crippen molar-refractivity contribution in [3.63, 3.8) is 0 Å². The van der Waals surface area contributed by atoms with E-state index in [9.17, 15) is 5.26 Å². The number of furan rings is 1. The molecule has 0 spiro atoms. The molecular weight excluding hydrogens is 382 g/mol. The van der Waals surface area contributed by atoms with E-state index in [1.165, 1.54) is 0 Å². The van der Waals surface area contributed by atoms with E-state index in [1.807, 2.05) is 48.5 Å². The summed E-state index contributed by atoms with van der Waals surface area (Å²) >= 11 is 0. The molecule has 0 saturated heterocycles. The Morgan fingerprint density at radius 1 is 0.871 bits per heavy atom. The summed E-state index contributed by atoms with van der Waals surface area (Å²) in [7, 11) is 0. The van der Waals surface area contributed by atoms with Gasteiger partial charge in [0.05, 0.1) is 28.2 Å². The maximum atomic E-state index is 9.33. The summed E-state index contributed by atoms with van der Waals surface area (Å²) < 4.78 is 8.53. The Hall–Kier alpha value is -4.36. The molecule has 6 aromatic rings. The first-order valence-electron chi connectivity index (χ1n) is 10.1. The highest BCUT2D eigenvalue weighted by Gasteiger charge is 2.21. The number of para-hydroxylation sites is 3. The van der Waals surface area contributed by atoms with Gasteiger partial charge < -0.3 is 4.42 Å². The molecule has 31 heavy (non-hydrogen) atoms. The highest BCUT2D eigenvalue weighted by Crippen LogP contribution is 2.39. The Labute approximate surface area is 178 Å². The zero-order valence-corrected chi connectivity index (χ0v) is 16.8. The second kappa shape index (κ2) is 6.58. The van der Waals surface area contributed by atoms with Crippen molar-refractivity contribution in [2.45, 2.75) is 6.92 Å². The number of fused-ring (bicyclic) bond motifs is 4. The first-order valence-corrected chi connectivity index (χ1v) is 10.1. The Kier molecular flexibility index (Phi) is 3.71. The zero-order chi connectivity index (χ0) is 20.9. The van der Waals surface area contributed by atoms with Crippen LogP contribution in [0.3, 0.4) is 0 Å². The summed E-state index contributed by atoms with van der Waals surface area (Å²) in [6.45, 7) is 2.08. The van der Waals surface area contributed by atoms with E-state index in [4.69, 9.17) is 9.40 Å². The molecule has 0 bridgehead atoms. The third-order valence-electron chi connectivity index (χ3n) is 5.78. The van der Waals surface area contributed by atoms with Gasteiger partial charge in [-0.2, -0.15) is 5.26 Å². The van der Waals surface area contributed by atoms with E-state index in [0.29, 0.717) is 5.56 Å². The van der Waals surface area contributed by atoms with Gasteiger partial charge in [0.15, 0.2) is 0 Å². The molecule has 0 aliphatic carbocycles. The normalized spacial score (nSPS) is 11.4. The molecular formula is C27H17N3O. The fraction of sp³-hybridized carbons (Fsp3) is 0.0370. The van der Waals surface area contributed by atoms with E-state index in [-0.39, 0.29) is 0 Å². The van der Waals surface area contributed by atoms with Crippen LogP contribution < -0.4 is 0 Å². The van der Waals surface area contributed by atoms with Crippen molar-refractivity contribution >= 4 is 33.0 Å². The van der Waals surface area contributed by atoms with Crippen LogP contribution in [0.1, 0.15) is 11.1 Å². The van der Waals surface area contributed by atoms with Crippen molar-refractivity contribution < 1.29 is 4.42 Å². The van der Waals surface area contributed by atoms with Crippen LogP contribution in [0.15, 0.2) is 89.3 Å². The summed E-state index contributed by atoms with van der Waals surface area (Å²) in [5.74, 6) is 0.843. The number of nitriles is 1. The molecule has 2 heterocycles. The number of aryl methyl sites for hydroxylation is 1. The molecule has 0 amide bonds. The van der Waals surface area contributed by atoms with E-state index < -0.39 is 0 Å². The van der Waals surface area contributed by atoms with Gasteiger partial charge in [-0.25, -0.2) is 4.98 Å². The molecule has 0 aliphatic heterocycles. The minimum absolute atomic E-state index is 0.619. The minimum atomic E-state index is 0.619. The average molecular weight is 399 g/mol. The fourth-order valence-corrected chi connectivity index (χ4v) is 4.32.